The van der Waals surface area contributed by atoms with Crippen molar-refractivity contribution in [2.24, 2.45) is 4.99 Å². The Kier molecular flexibility index (Phi) is 8.28. The van der Waals surface area contributed by atoms with Crippen LogP contribution in [0.4, 0.5) is 0 Å². The molecule has 4 N–H and O–H groups in total. The first-order valence-corrected chi connectivity index (χ1v) is 10.0. The van der Waals surface area contributed by atoms with E-state index in [9.17, 15) is 9.90 Å². The van der Waals surface area contributed by atoms with Crippen molar-refractivity contribution < 1.29 is 14.6 Å². The Morgan fingerprint density at radius 1 is 1.21 bits per heavy atom. The van der Waals surface area contributed by atoms with E-state index in [1.54, 1.807) is 38.3 Å². The fraction of sp³-hybridized carbons (Fsp3) is 0.400. The highest BCUT2D eigenvalue weighted by Gasteiger charge is 2.23. The number of methoxy groups -OCH3 is 1. The number of amides is 1. The van der Waals surface area contributed by atoms with Crippen molar-refractivity contribution in [3.05, 3.63) is 52.2 Å². The SMILES string of the molecule is CCNC(=NCC(C)(O)c1cccs1)NCCNC(=O)c1cccc(OC)c1. The summed E-state index contributed by atoms with van der Waals surface area (Å²) in [6.07, 6.45) is 0. The van der Waals surface area contributed by atoms with Crippen molar-refractivity contribution in [2.75, 3.05) is 33.3 Å². The van der Waals surface area contributed by atoms with Crippen molar-refractivity contribution in [3.8, 4) is 5.75 Å². The second kappa shape index (κ2) is 10.7. The maximum Gasteiger partial charge on any atom is 0.251 e. The molecule has 2 aromatic rings. The Balaban J connectivity index is 1.83. The van der Waals surface area contributed by atoms with E-state index in [4.69, 9.17) is 4.74 Å². The third-order valence-electron chi connectivity index (χ3n) is 3.98. The first kappa shape index (κ1) is 21.7. The predicted molar refractivity (Wildman–Crippen MR) is 113 cm³/mol. The number of thiophene rings is 1. The topological polar surface area (TPSA) is 95.0 Å². The Hall–Kier alpha value is -2.58. The van der Waals surface area contributed by atoms with E-state index in [1.165, 1.54) is 11.3 Å². The second-order valence-electron chi connectivity index (χ2n) is 6.36. The molecule has 1 heterocycles. The number of carbonyl (C=O) groups is 1. The highest BCUT2D eigenvalue weighted by molar-refractivity contribution is 7.10. The van der Waals surface area contributed by atoms with Crippen molar-refractivity contribution in [1.29, 1.82) is 0 Å². The predicted octanol–water partition coefficient (Wildman–Crippen LogP) is 1.95. The van der Waals surface area contributed by atoms with Gasteiger partial charge >= 0.3 is 0 Å². The van der Waals surface area contributed by atoms with Crippen LogP contribution in [0.5, 0.6) is 5.75 Å². The lowest BCUT2D eigenvalue weighted by molar-refractivity contribution is 0.0711. The summed E-state index contributed by atoms with van der Waals surface area (Å²) in [6.45, 7) is 5.59. The van der Waals surface area contributed by atoms with Gasteiger partial charge in [-0.15, -0.1) is 11.3 Å². The van der Waals surface area contributed by atoms with Gasteiger partial charge in [0.2, 0.25) is 0 Å². The summed E-state index contributed by atoms with van der Waals surface area (Å²) < 4.78 is 5.13. The third-order valence-corrected chi connectivity index (χ3v) is 5.10. The Morgan fingerprint density at radius 3 is 2.68 bits per heavy atom. The molecule has 0 aliphatic heterocycles. The van der Waals surface area contributed by atoms with Gasteiger partial charge in [0.05, 0.1) is 13.7 Å². The average Bonchev–Trinajstić information content (AvgIpc) is 3.25. The summed E-state index contributed by atoms with van der Waals surface area (Å²) in [5.41, 5.74) is -0.469. The van der Waals surface area contributed by atoms with E-state index in [-0.39, 0.29) is 12.5 Å². The Labute approximate surface area is 169 Å². The minimum Gasteiger partial charge on any atom is -0.497 e. The van der Waals surface area contributed by atoms with Crippen LogP contribution in [0, 0.1) is 0 Å². The molecule has 0 saturated carbocycles. The minimum atomic E-state index is -1.02. The molecule has 2 rings (SSSR count). The summed E-state index contributed by atoms with van der Waals surface area (Å²) in [4.78, 5) is 17.5. The Morgan fingerprint density at radius 2 is 2.00 bits per heavy atom. The van der Waals surface area contributed by atoms with E-state index in [0.29, 0.717) is 36.9 Å². The number of carbonyl (C=O) groups excluding carboxylic acids is 1. The summed E-state index contributed by atoms with van der Waals surface area (Å²) in [5.74, 6) is 1.07. The van der Waals surface area contributed by atoms with Crippen molar-refractivity contribution >= 4 is 23.2 Å². The molecule has 0 saturated heterocycles. The van der Waals surface area contributed by atoms with Crippen molar-refractivity contribution in [2.45, 2.75) is 19.4 Å². The lowest BCUT2D eigenvalue weighted by atomic mass is 10.1. The summed E-state index contributed by atoms with van der Waals surface area (Å²) in [6, 6.07) is 10.8. The molecule has 0 radical (unpaired) electrons. The molecule has 28 heavy (non-hydrogen) atoms. The number of hydrogen-bond acceptors (Lipinski definition) is 5. The van der Waals surface area contributed by atoms with Gasteiger partial charge in [0.25, 0.3) is 5.91 Å². The van der Waals surface area contributed by atoms with Crippen LogP contribution in [0.3, 0.4) is 0 Å². The van der Waals surface area contributed by atoms with Crippen molar-refractivity contribution in [3.63, 3.8) is 0 Å². The molecular formula is C20H28N4O3S. The van der Waals surface area contributed by atoms with Crippen LogP contribution in [-0.4, -0.2) is 50.3 Å². The molecule has 1 atom stereocenters. The normalized spacial score (nSPS) is 13.5. The molecule has 0 aliphatic rings. The molecule has 1 aromatic heterocycles. The first-order chi connectivity index (χ1) is 13.5. The fourth-order valence-electron chi connectivity index (χ4n) is 2.46. The molecule has 8 heteroatoms. The highest BCUT2D eigenvalue weighted by Crippen LogP contribution is 2.25. The van der Waals surface area contributed by atoms with Crippen molar-refractivity contribution in [1.82, 2.24) is 16.0 Å². The van der Waals surface area contributed by atoms with Crippen LogP contribution in [0.1, 0.15) is 29.1 Å². The zero-order chi connectivity index (χ0) is 20.4. The lowest BCUT2D eigenvalue weighted by Crippen LogP contribution is -2.42. The monoisotopic (exact) mass is 404 g/mol. The van der Waals surface area contributed by atoms with E-state index >= 15 is 0 Å². The fourth-order valence-corrected chi connectivity index (χ4v) is 3.24. The summed E-state index contributed by atoms with van der Waals surface area (Å²) >= 11 is 1.50. The summed E-state index contributed by atoms with van der Waals surface area (Å²) in [5, 5.41) is 21.7. The maximum atomic E-state index is 12.2. The van der Waals surface area contributed by atoms with Gasteiger partial charge in [-0.2, -0.15) is 0 Å². The van der Waals surface area contributed by atoms with E-state index in [0.717, 1.165) is 4.88 Å². The van der Waals surface area contributed by atoms with Gasteiger partial charge in [0.15, 0.2) is 5.96 Å². The average molecular weight is 405 g/mol. The number of nitrogens with one attached hydrogen (secondary N) is 3. The van der Waals surface area contributed by atoms with E-state index in [1.807, 2.05) is 24.4 Å². The van der Waals surface area contributed by atoms with Gasteiger partial charge < -0.3 is 25.8 Å². The highest BCUT2D eigenvalue weighted by atomic mass is 32.1. The third kappa shape index (κ3) is 6.54. The molecular weight excluding hydrogens is 376 g/mol. The van der Waals surface area contributed by atoms with Crippen LogP contribution < -0.4 is 20.7 Å². The molecule has 0 aliphatic carbocycles. The zero-order valence-corrected chi connectivity index (χ0v) is 17.3. The Bertz CT molecular complexity index is 776. The maximum absolute atomic E-state index is 12.2. The van der Waals surface area contributed by atoms with Gasteiger partial charge in [-0.1, -0.05) is 12.1 Å². The number of aliphatic hydroxyl groups is 1. The number of ether oxygens (including phenoxy) is 1. The number of aliphatic imine (C=N–C) groups is 1. The quantitative estimate of drug-likeness (QED) is 0.291. The minimum absolute atomic E-state index is 0.164. The zero-order valence-electron chi connectivity index (χ0n) is 16.5. The summed E-state index contributed by atoms with van der Waals surface area (Å²) in [7, 11) is 1.57. The number of benzene rings is 1. The first-order valence-electron chi connectivity index (χ1n) is 9.17. The molecule has 1 amide bonds. The standard InChI is InChI=1S/C20H28N4O3S/c1-4-21-19(24-14-20(2,26)17-9-6-12-28-17)23-11-10-22-18(25)15-7-5-8-16(13-15)27-3/h5-9,12-13,26H,4,10-11,14H2,1-3H3,(H,22,25)(H2,21,23,24). The smallest absolute Gasteiger partial charge is 0.251 e. The molecule has 0 spiro atoms. The van der Waals surface area contributed by atoms with Gasteiger partial charge in [-0.25, -0.2) is 4.99 Å². The molecule has 7 nitrogen and oxygen atoms in total. The number of hydrogen-bond donors (Lipinski definition) is 4. The second-order valence-corrected chi connectivity index (χ2v) is 7.31. The van der Waals surface area contributed by atoms with E-state index < -0.39 is 5.60 Å². The number of rotatable bonds is 9. The lowest BCUT2D eigenvalue weighted by Gasteiger charge is -2.20. The van der Waals surface area contributed by atoms with Gasteiger partial charge in [0.1, 0.15) is 11.4 Å². The number of guanidine groups is 1. The van der Waals surface area contributed by atoms with Crippen LogP contribution in [0.15, 0.2) is 46.8 Å². The molecule has 1 aromatic carbocycles. The molecule has 0 fully saturated rings. The number of nitrogens with zero attached hydrogens (tertiary/aromatic N) is 1. The largest absolute Gasteiger partial charge is 0.497 e. The molecule has 1 unspecified atom stereocenters. The van der Waals surface area contributed by atoms with Crippen LogP contribution in [0.25, 0.3) is 0 Å². The van der Waals surface area contributed by atoms with Gasteiger partial charge in [-0.3, -0.25) is 4.79 Å². The van der Waals surface area contributed by atoms with Crippen LogP contribution >= 0.6 is 11.3 Å². The van der Waals surface area contributed by atoms with Gasteiger partial charge in [0, 0.05) is 30.1 Å². The molecule has 0 bridgehead atoms. The molecule has 152 valence electrons. The van der Waals surface area contributed by atoms with E-state index in [2.05, 4.69) is 20.9 Å². The van der Waals surface area contributed by atoms with Gasteiger partial charge in [-0.05, 0) is 43.5 Å². The van der Waals surface area contributed by atoms with Crippen LogP contribution in [-0.2, 0) is 5.60 Å². The van der Waals surface area contributed by atoms with Crippen LogP contribution in [0.2, 0.25) is 0 Å².